The Balaban J connectivity index is 0.00000240. The van der Waals surface area contributed by atoms with E-state index in [1.165, 1.54) is 0 Å². The molecule has 0 radical (unpaired) electrons. The quantitative estimate of drug-likeness (QED) is 0.312. The Kier molecular flexibility index (Phi) is 6.87. The van der Waals surface area contributed by atoms with Gasteiger partial charge < -0.3 is 38.3 Å². The number of furan rings is 1. The second kappa shape index (κ2) is 9.56. The van der Waals surface area contributed by atoms with Crippen LogP contribution in [0.3, 0.4) is 0 Å². The number of fused-ring (bicyclic) bond motifs is 1. The van der Waals surface area contributed by atoms with Crippen molar-refractivity contribution in [1.29, 1.82) is 0 Å². The van der Waals surface area contributed by atoms with E-state index in [9.17, 15) is 4.79 Å². The van der Waals surface area contributed by atoms with Crippen LogP contribution in [0.5, 0.6) is 0 Å². The number of carbonyl (C=O) groups excluding carboxylic acids is 1. The van der Waals surface area contributed by atoms with Crippen LogP contribution in [-0.2, 0) is 24.9 Å². The maximum atomic E-state index is 12.4. The highest BCUT2D eigenvalue weighted by molar-refractivity contribution is 5.93. The fourth-order valence-corrected chi connectivity index (χ4v) is 3.16. The number of para-hydroxylation sites is 1. The van der Waals surface area contributed by atoms with Gasteiger partial charge in [-0.3, -0.25) is 4.79 Å². The van der Waals surface area contributed by atoms with Crippen molar-refractivity contribution in [2.75, 3.05) is 0 Å². The molecule has 0 unspecified atom stereocenters. The first-order valence-electron chi connectivity index (χ1n) is 9.19. The summed E-state index contributed by atoms with van der Waals surface area (Å²) in [7, 11) is 2.00. The standard InChI is InChI=1S/C23H21N3O2.HI/c1-25-12-10-18(11-13-25)8-9-19-16-26(22-7-3-2-6-21(19)22)17-23(27)24-15-20-5-4-14-28-20;/h2-14,16H,15,17H2,1H3;1H. The molecule has 6 heteroatoms. The Morgan fingerprint density at radius 1 is 1.10 bits per heavy atom. The molecule has 1 amide bonds. The Bertz CT molecular complexity index is 1110. The van der Waals surface area contributed by atoms with E-state index < -0.39 is 0 Å². The summed E-state index contributed by atoms with van der Waals surface area (Å²) in [5, 5.41) is 4.02. The van der Waals surface area contributed by atoms with Gasteiger partial charge in [-0.15, -0.1) is 0 Å². The number of aromatic nitrogens is 2. The molecule has 5 nitrogen and oxygen atoms in total. The molecule has 3 aromatic heterocycles. The smallest absolute Gasteiger partial charge is 0.240 e. The van der Waals surface area contributed by atoms with Crippen LogP contribution in [0, 0.1) is 0 Å². The molecule has 3 heterocycles. The first kappa shape index (κ1) is 20.9. The average Bonchev–Trinajstić information content (AvgIpc) is 3.35. The zero-order valence-corrected chi connectivity index (χ0v) is 18.2. The first-order chi connectivity index (χ1) is 13.7. The number of carbonyl (C=O) groups is 1. The molecule has 148 valence electrons. The third-order valence-corrected chi connectivity index (χ3v) is 4.63. The van der Waals surface area contributed by atoms with Gasteiger partial charge in [0.2, 0.25) is 5.91 Å². The van der Waals surface area contributed by atoms with Crippen molar-refractivity contribution >= 4 is 29.0 Å². The van der Waals surface area contributed by atoms with Crippen LogP contribution in [-0.4, -0.2) is 10.5 Å². The second-order valence-corrected chi connectivity index (χ2v) is 6.72. The molecule has 29 heavy (non-hydrogen) atoms. The highest BCUT2D eigenvalue weighted by atomic mass is 127. The molecule has 0 atom stereocenters. The van der Waals surface area contributed by atoms with Gasteiger partial charge >= 0.3 is 0 Å². The number of benzene rings is 1. The summed E-state index contributed by atoms with van der Waals surface area (Å²) in [4.78, 5) is 12.4. The molecular weight excluding hydrogens is 477 g/mol. The lowest BCUT2D eigenvalue weighted by Crippen LogP contribution is -3.00. The van der Waals surface area contributed by atoms with Gasteiger partial charge in [0.25, 0.3) is 0 Å². The number of hydrogen-bond acceptors (Lipinski definition) is 2. The normalized spacial score (nSPS) is 10.9. The average molecular weight is 499 g/mol. The van der Waals surface area contributed by atoms with Gasteiger partial charge in [0, 0.05) is 34.8 Å². The van der Waals surface area contributed by atoms with E-state index in [0.717, 1.165) is 27.8 Å². The predicted molar refractivity (Wildman–Crippen MR) is 109 cm³/mol. The molecule has 0 aliphatic heterocycles. The van der Waals surface area contributed by atoms with Crippen LogP contribution in [0.1, 0.15) is 16.9 Å². The fourth-order valence-electron chi connectivity index (χ4n) is 3.16. The zero-order valence-electron chi connectivity index (χ0n) is 16.1. The number of aryl methyl sites for hydroxylation is 1. The molecule has 1 N–H and O–H groups in total. The molecule has 0 aliphatic rings. The van der Waals surface area contributed by atoms with Crippen molar-refractivity contribution in [2.24, 2.45) is 7.05 Å². The summed E-state index contributed by atoms with van der Waals surface area (Å²) in [5.41, 5.74) is 3.25. The summed E-state index contributed by atoms with van der Waals surface area (Å²) in [5.74, 6) is 0.689. The van der Waals surface area contributed by atoms with E-state index in [4.69, 9.17) is 4.42 Å². The van der Waals surface area contributed by atoms with E-state index in [1.807, 2.05) is 65.1 Å². The molecule has 0 saturated heterocycles. The van der Waals surface area contributed by atoms with Crippen LogP contribution in [0.2, 0.25) is 0 Å². The lowest BCUT2D eigenvalue weighted by atomic mass is 10.1. The molecule has 0 saturated carbocycles. The SMILES string of the molecule is C[n+]1ccc(/C=C/c2cn(CC(=O)NCc3ccco3)c3ccccc23)cc1.[I-]. The summed E-state index contributed by atoms with van der Waals surface area (Å²) in [6.07, 6.45) is 11.8. The van der Waals surface area contributed by atoms with Crippen LogP contribution < -0.4 is 33.9 Å². The van der Waals surface area contributed by atoms with E-state index in [1.54, 1.807) is 6.26 Å². The highest BCUT2D eigenvalue weighted by Gasteiger charge is 2.10. The molecule has 1 aromatic carbocycles. The number of pyridine rings is 1. The first-order valence-corrected chi connectivity index (χ1v) is 9.19. The van der Waals surface area contributed by atoms with Crippen molar-refractivity contribution in [3.63, 3.8) is 0 Å². The number of rotatable bonds is 6. The van der Waals surface area contributed by atoms with Crippen LogP contribution >= 0.6 is 0 Å². The van der Waals surface area contributed by atoms with E-state index in [-0.39, 0.29) is 36.4 Å². The third-order valence-electron chi connectivity index (χ3n) is 4.63. The minimum atomic E-state index is -0.0526. The zero-order chi connectivity index (χ0) is 19.3. The third kappa shape index (κ3) is 5.14. The van der Waals surface area contributed by atoms with Crippen molar-refractivity contribution < 1.29 is 37.8 Å². The van der Waals surface area contributed by atoms with Gasteiger partial charge in [0.15, 0.2) is 12.4 Å². The van der Waals surface area contributed by atoms with E-state index >= 15 is 0 Å². The Morgan fingerprint density at radius 2 is 1.90 bits per heavy atom. The van der Waals surface area contributed by atoms with Gasteiger partial charge in [-0.25, -0.2) is 4.57 Å². The monoisotopic (exact) mass is 499 g/mol. The van der Waals surface area contributed by atoms with E-state index in [0.29, 0.717) is 6.54 Å². The number of halogens is 1. The van der Waals surface area contributed by atoms with Gasteiger partial charge in [-0.05, 0) is 23.8 Å². The van der Waals surface area contributed by atoms with Gasteiger partial charge in [0.1, 0.15) is 19.4 Å². The van der Waals surface area contributed by atoms with Gasteiger partial charge in [-0.2, -0.15) is 0 Å². The van der Waals surface area contributed by atoms with Gasteiger partial charge in [-0.1, -0.05) is 30.4 Å². The molecule has 0 aliphatic carbocycles. The number of nitrogens with one attached hydrogen (secondary N) is 1. The fraction of sp³-hybridized carbons (Fsp3) is 0.130. The Labute approximate surface area is 186 Å². The summed E-state index contributed by atoms with van der Waals surface area (Å²) in [6.45, 7) is 0.652. The molecule has 0 bridgehead atoms. The maximum Gasteiger partial charge on any atom is 0.240 e. The summed E-state index contributed by atoms with van der Waals surface area (Å²) >= 11 is 0. The number of hydrogen-bond donors (Lipinski definition) is 1. The Hall–Kier alpha value is -2.87. The molecule has 4 aromatic rings. The number of amides is 1. The Morgan fingerprint density at radius 3 is 2.66 bits per heavy atom. The molecule has 0 spiro atoms. The van der Waals surface area contributed by atoms with E-state index in [2.05, 4.69) is 35.7 Å². The van der Waals surface area contributed by atoms with Crippen LogP contribution in [0.25, 0.3) is 23.1 Å². The minimum Gasteiger partial charge on any atom is -1.00 e. The lowest BCUT2D eigenvalue weighted by Gasteiger charge is -2.06. The molecule has 0 fully saturated rings. The van der Waals surface area contributed by atoms with Crippen molar-refractivity contribution in [3.8, 4) is 0 Å². The summed E-state index contributed by atoms with van der Waals surface area (Å²) in [6, 6.07) is 15.9. The maximum absolute atomic E-state index is 12.4. The van der Waals surface area contributed by atoms with Gasteiger partial charge in [0.05, 0.1) is 12.8 Å². The predicted octanol–water partition coefficient (Wildman–Crippen LogP) is 0.550. The van der Waals surface area contributed by atoms with Crippen molar-refractivity contribution in [3.05, 3.63) is 90.3 Å². The highest BCUT2D eigenvalue weighted by Crippen LogP contribution is 2.23. The largest absolute Gasteiger partial charge is 1.00 e. The molecule has 4 rings (SSSR count). The molecular formula is C23H22IN3O2. The van der Waals surface area contributed by atoms with Crippen molar-refractivity contribution in [1.82, 2.24) is 9.88 Å². The van der Waals surface area contributed by atoms with Crippen molar-refractivity contribution in [2.45, 2.75) is 13.1 Å². The van der Waals surface area contributed by atoms with Crippen LogP contribution in [0.4, 0.5) is 0 Å². The lowest BCUT2D eigenvalue weighted by molar-refractivity contribution is -0.671. The minimum absolute atomic E-state index is 0. The van der Waals surface area contributed by atoms with Crippen LogP contribution in [0.15, 0.2) is 77.8 Å². The second-order valence-electron chi connectivity index (χ2n) is 6.72. The number of nitrogens with zero attached hydrogens (tertiary/aromatic N) is 2. The summed E-state index contributed by atoms with van der Waals surface area (Å²) < 4.78 is 9.25. The topological polar surface area (TPSA) is 51.0 Å².